The van der Waals surface area contributed by atoms with Crippen molar-refractivity contribution in [2.24, 2.45) is 0 Å². The molecule has 152 valence electrons. The van der Waals surface area contributed by atoms with Gasteiger partial charge >= 0.3 is 0 Å². The maximum absolute atomic E-state index is 13.1. The molecule has 29 heavy (non-hydrogen) atoms. The molecule has 0 bridgehead atoms. The van der Waals surface area contributed by atoms with Crippen LogP contribution in [0.5, 0.6) is 0 Å². The fourth-order valence-corrected chi connectivity index (χ4v) is 6.33. The second-order valence-corrected chi connectivity index (χ2v) is 9.95. The number of nitrogens with zero attached hydrogens (tertiary/aromatic N) is 4. The molecule has 0 aliphatic carbocycles. The maximum atomic E-state index is 13.1. The molecule has 3 aromatic heterocycles. The Bertz CT molecular complexity index is 1180. The molecule has 0 spiro atoms. The number of thiophene rings is 1. The van der Waals surface area contributed by atoms with Crippen molar-refractivity contribution in [2.45, 2.75) is 52.1 Å². The minimum absolute atomic E-state index is 0.00699. The van der Waals surface area contributed by atoms with Crippen molar-refractivity contribution < 1.29 is 4.79 Å². The molecule has 3 aromatic rings. The molecule has 2 aliphatic heterocycles. The van der Waals surface area contributed by atoms with E-state index in [2.05, 4.69) is 22.2 Å². The fourth-order valence-electron chi connectivity index (χ4n) is 4.16. The van der Waals surface area contributed by atoms with Crippen LogP contribution < -0.4 is 10.9 Å². The molecule has 0 saturated carbocycles. The summed E-state index contributed by atoms with van der Waals surface area (Å²) in [6.07, 6.45) is 4.91. The Kier molecular flexibility index (Phi) is 4.76. The highest BCUT2D eigenvalue weighted by Crippen LogP contribution is 2.31. The lowest BCUT2D eigenvalue weighted by atomic mass is 10.2. The molecular weight excluding hydrogens is 406 g/mol. The summed E-state index contributed by atoms with van der Waals surface area (Å²) in [5.74, 6) is 0.648. The molecule has 7 nitrogen and oxygen atoms in total. The third-order valence-electron chi connectivity index (χ3n) is 5.76. The lowest BCUT2D eigenvalue weighted by molar-refractivity contribution is 0.103. The molecule has 5 heterocycles. The van der Waals surface area contributed by atoms with Crippen molar-refractivity contribution in [3.05, 3.63) is 37.2 Å². The first-order valence-electron chi connectivity index (χ1n) is 10.0. The number of thiazole rings is 1. The van der Waals surface area contributed by atoms with Gasteiger partial charge in [0.2, 0.25) is 0 Å². The number of likely N-dealkylation sites (N-methyl/N-ethyl adjacent to an activating group) is 1. The number of hydrogen-bond acceptors (Lipinski definition) is 7. The quantitative estimate of drug-likeness (QED) is 0.677. The van der Waals surface area contributed by atoms with Crippen molar-refractivity contribution in [3.8, 4) is 0 Å². The second kappa shape index (κ2) is 7.30. The van der Waals surface area contributed by atoms with Gasteiger partial charge in [-0.1, -0.05) is 6.42 Å². The molecule has 9 heteroatoms. The van der Waals surface area contributed by atoms with E-state index in [1.165, 1.54) is 27.6 Å². The second-order valence-electron chi connectivity index (χ2n) is 7.86. The predicted octanol–water partition coefficient (Wildman–Crippen LogP) is 3.19. The standard InChI is InChI=1S/C20H23N5O2S2/c1-11-15-18(22-14-6-4-3-5-8-25(14)19(15)27)29-16(11)17(26)23-20-21-12-7-9-24(2)10-13(12)28-20/h3-10H2,1-2H3,(H,21,23,26). The van der Waals surface area contributed by atoms with E-state index in [0.717, 1.165) is 62.3 Å². The third-order valence-corrected chi connectivity index (χ3v) is 7.94. The zero-order valence-electron chi connectivity index (χ0n) is 16.6. The smallest absolute Gasteiger partial charge is 0.267 e. The number of carbonyl (C=O) groups is 1. The van der Waals surface area contributed by atoms with Gasteiger partial charge in [-0.3, -0.25) is 19.5 Å². The largest absolute Gasteiger partial charge is 0.301 e. The average molecular weight is 430 g/mol. The van der Waals surface area contributed by atoms with Crippen LogP contribution in [0.1, 0.15) is 50.9 Å². The summed E-state index contributed by atoms with van der Waals surface area (Å²) in [6.45, 7) is 4.42. The molecule has 0 radical (unpaired) electrons. The topological polar surface area (TPSA) is 80.1 Å². The van der Waals surface area contributed by atoms with Gasteiger partial charge in [0.1, 0.15) is 10.7 Å². The Morgan fingerprint density at radius 1 is 1.10 bits per heavy atom. The first-order valence-corrected chi connectivity index (χ1v) is 11.7. The number of hydrogen-bond donors (Lipinski definition) is 1. The third kappa shape index (κ3) is 3.31. The molecular formula is C20H23N5O2S2. The summed E-state index contributed by atoms with van der Waals surface area (Å²) in [4.78, 5) is 40.1. The van der Waals surface area contributed by atoms with Gasteiger partial charge in [-0.2, -0.15) is 0 Å². The SMILES string of the molecule is Cc1c(C(=O)Nc2nc3c(s2)CN(C)CC3)sc2nc3n(c(=O)c12)CCCCC3. The Hall–Kier alpha value is -2.10. The van der Waals surface area contributed by atoms with Gasteiger partial charge < -0.3 is 4.90 Å². The van der Waals surface area contributed by atoms with E-state index in [-0.39, 0.29) is 11.5 Å². The minimum atomic E-state index is -0.204. The molecule has 5 rings (SSSR count). The average Bonchev–Trinajstić information content (AvgIpc) is 3.12. The van der Waals surface area contributed by atoms with Crippen molar-refractivity contribution in [1.82, 2.24) is 19.4 Å². The van der Waals surface area contributed by atoms with Crippen LogP contribution in [0.15, 0.2) is 4.79 Å². The van der Waals surface area contributed by atoms with Crippen LogP contribution in [0, 0.1) is 6.92 Å². The lowest BCUT2D eigenvalue weighted by Gasteiger charge is -2.20. The minimum Gasteiger partial charge on any atom is -0.301 e. The summed E-state index contributed by atoms with van der Waals surface area (Å²) in [6, 6.07) is 0. The highest BCUT2D eigenvalue weighted by atomic mass is 32.1. The number of nitrogens with one attached hydrogen (secondary N) is 1. The van der Waals surface area contributed by atoms with Crippen LogP contribution in [0.4, 0.5) is 5.13 Å². The van der Waals surface area contributed by atoms with Crippen LogP contribution in [-0.4, -0.2) is 38.9 Å². The molecule has 1 amide bonds. The monoisotopic (exact) mass is 429 g/mol. The predicted molar refractivity (Wildman–Crippen MR) is 116 cm³/mol. The molecule has 0 aromatic carbocycles. The van der Waals surface area contributed by atoms with Crippen LogP contribution in [-0.2, 0) is 25.9 Å². The molecule has 1 N–H and O–H groups in total. The Morgan fingerprint density at radius 3 is 2.83 bits per heavy atom. The number of rotatable bonds is 2. The summed E-state index contributed by atoms with van der Waals surface area (Å²) < 4.78 is 1.81. The highest BCUT2D eigenvalue weighted by Gasteiger charge is 2.24. The van der Waals surface area contributed by atoms with Gasteiger partial charge in [0.25, 0.3) is 11.5 Å². The van der Waals surface area contributed by atoms with Crippen molar-refractivity contribution in [1.29, 1.82) is 0 Å². The Morgan fingerprint density at radius 2 is 1.97 bits per heavy atom. The van der Waals surface area contributed by atoms with E-state index in [1.54, 1.807) is 0 Å². The molecule has 0 unspecified atom stereocenters. The number of aromatic nitrogens is 3. The van der Waals surface area contributed by atoms with E-state index < -0.39 is 0 Å². The molecule has 0 saturated heterocycles. The lowest BCUT2D eigenvalue weighted by Crippen LogP contribution is -2.25. The summed E-state index contributed by atoms with van der Waals surface area (Å²) in [5.41, 5.74) is 1.80. The summed E-state index contributed by atoms with van der Waals surface area (Å²) in [7, 11) is 2.09. The first-order chi connectivity index (χ1) is 14.0. The van der Waals surface area contributed by atoms with Crippen molar-refractivity contribution in [3.63, 3.8) is 0 Å². The number of amides is 1. The van der Waals surface area contributed by atoms with Crippen LogP contribution in [0.25, 0.3) is 10.2 Å². The van der Waals surface area contributed by atoms with Crippen molar-refractivity contribution >= 4 is 43.9 Å². The number of carbonyl (C=O) groups excluding carboxylic acids is 1. The van der Waals surface area contributed by atoms with E-state index in [4.69, 9.17) is 4.98 Å². The van der Waals surface area contributed by atoms with Gasteiger partial charge in [0.15, 0.2) is 5.13 Å². The van der Waals surface area contributed by atoms with E-state index in [0.29, 0.717) is 26.8 Å². The Labute approximate surface area is 176 Å². The summed E-state index contributed by atoms with van der Waals surface area (Å²) in [5, 5.41) is 4.18. The van der Waals surface area contributed by atoms with Gasteiger partial charge in [0.05, 0.1) is 16.0 Å². The molecule has 0 fully saturated rings. The van der Waals surface area contributed by atoms with Crippen molar-refractivity contribution in [2.75, 3.05) is 18.9 Å². The van der Waals surface area contributed by atoms with Gasteiger partial charge in [-0.25, -0.2) is 9.97 Å². The summed E-state index contributed by atoms with van der Waals surface area (Å²) >= 11 is 2.85. The number of aryl methyl sites for hydroxylation is 2. The Balaban J connectivity index is 1.49. The van der Waals surface area contributed by atoms with Gasteiger partial charge in [0, 0.05) is 37.4 Å². The number of fused-ring (bicyclic) bond motifs is 3. The van der Waals surface area contributed by atoms with Gasteiger partial charge in [-0.05, 0) is 32.4 Å². The normalized spacial score (nSPS) is 17.0. The van der Waals surface area contributed by atoms with E-state index >= 15 is 0 Å². The maximum Gasteiger partial charge on any atom is 0.267 e. The fraction of sp³-hybridized carbons (Fsp3) is 0.500. The van der Waals surface area contributed by atoms with Crippen LogP contribution in [0.2, 0.25) is 0 Å². The van der Waals surface area contributed by atoms with Gasteiger partial charge in [-0.15, -0.1) is 22.7 Å². The highest BCUT2D eigenvalue weighted by molar-refractivity contribution is 7.21. The zero-order valence-corrected chi connectivity index (χ0v) is 18.2. The first kappa shape index (κ1) is 18.9. The van der Waals surface area contributed by atoms with E-state index in [1.807, 2.05) is 11.5 Å². The van der Waals surface area contributed by atoms with Crippen LogP contribution in [0.3, 0.4) is 0 Å². The zero-order chi connectivity index (χ0) is 20.1. The molecule has 0 atom stereocenters. The molecule has 2 aliphatic rings. The number of anilines is 1. The van der Waals surface area contributed by atoms with Crippen LogP contribution >= 0.6 is 22.7 Å². The van der Waals surface area contributed by atoms with E-state index in [9.17, 15) is 9.59 Å².